The third-order valence-corrected chi connectivity index (χ3v) is 5.65. The molecule has 0 spiro atoms. The van der Waals surface area contributed by atoms with E-state index in [4.69, 9.17) is 0 Å². The number of hydrogen-bond acceptors (Lipinski definition) is 1. The molecule has 114 valence electrons. The zero-order valence-electron chi connectivity index (χ0n) is 13.8. The Labute approximate surface area is 141 Å². The maximum Gasteiger partial charge on any atom is 0.0427 e. The fourth-order valence-electron chi connectivity index (χ4n) is 3.05. The predicted octanol–water partition coefficient (Wildman–Crippen LogP) is 7.02. The Morgan fingerprint density at radius 1 is 0.739 bits per heavy atom. The number of fused-ring (bicyclic) bond motifs is 3. The zero-order valence-corrected chi connectivity index (χ0v) is 14.6. The molecule has 1 heterocycles. The molecule has 0 aliphatic rings. The van der Waals surface area contributed by atoms with E-state index in [1.807, 2.05) is 11.3 Å². The zero-order chi connectivity index (χ0) is 16.0. The van der Waals surface area contributed by atoms with Gasteiger partial charge in [-0.15, -0.1) is 11.3 Å². The minimum Gasteiger partial charge on any atom is -0.135 e. The van der Waals surface area contributed by atoms with E-state index in [9.17, 15) is 0 Å². The van der Waals surface area contributed by atoms with Crippen molar-refractivity contribution in [1.82, 2.24) is 0 Å². The van der Waals surface area contributed by atoms with Gasteiger partial charge in [-0.05, 0) is 44.8 Å². The fourth-order valence-corrected chi connectivity index (χ4v) is 4.24. The lowest BCUT2D eigenvalue weighted by molar-refractivity contribution is 0.590. The van der Waals surface area contributed by atoms with Crippen LogP contribution in [0.5, 0.6) is 0 Å². The smallest absolute Gasteiger partial charge is 0.0427 e. The van der Waals surface area contributed by atoms with Crippen LogP contribution in [0.25, 0.3) is 31.3 Å². The van der Waals surface area contributed by atoms with Crippen LogP contribution in [0, 0.1) is 0 Å². The summed E-state index contributed by atoms with van der Waals surface area (Å²) in [5.74, 6) is 0. The third kappa shape index (κ3) is 2.55. The molecular formula is C22H20S. The van der Waals surface area contributed by atoms with Crippen molar-refractivity contribution in [1.29, 1.82) is 0 Å². The van der Waals surface area contributed by atoms with Crippen LogP contribution < -0.4 is 0 Å². The summed E-state index contributed by atoms with van der Waals surface area (Å²) in [6.07, 6.45) is 0. The summed E-state index contributed by atoms with van der Waals surface area (Å²) in [4.78, 5) is 1.35. The van der Waals surface area contributed by atoms with Gasteiger partial charge in [0.25, 0.3) is 0 Å². The standard InChI is InChI=1S/C22H20S/c1-22(2,3)18-9-6-8-16(13-18)20-14-17-12-11-15-7-4-5-10-19(15)21(17)23-20/h4-14H,1-3H3. The molecule has 0 saturated heterocycles. The van der Waals surface area contributed by atoms with Crippen molar-refractivity contribution in [3.05, 3.63) is 72.3 Å². The molecule has 0 bridgehead atoms. The van der Waals surface area contributed by atoms with E-state index in [-0.39, 0.29) is 5.41 Å². The Morgan fingerprint density at radius 2 is 1.52 bits per heavy atom. The van der Waals surface area contributed by atoms with Crippen molar-refractivity contribution < 1.29 is 0 Å². The summed E-state index contributed by atoms with van der Waals surface area (Å²) >= 11 is 1.90. The monoisotopic (exact) mass is 316 g/mol. The van der Waals surface area contributed by atoms with Crippen LogP contribution in [0.4, 0.5) is 0 Å². The van der Waals surface area contributed by atoms with Gasteiger partial charge in [-0.3, -0.25) is 0 Å². The fraction of sp³-hybridized carbons (Fsp3) is 0.182. The van der Waals surface area contributed by atoms with Crippen LogP contribution in [-0.4, -0.2) is 0 Å². The summed E-state index contributed by atoms with van der Waals surface area (Å²) in [6, 6.07) is 24.4. The van der Waals surface area contributed by atoms with E-state index in [1.165, 1.54) is 36.9 Å². The highest BCUT2D eigenvalue weighted by molar-refractivity contribution is 7.23. The lowest BCUT2D eigenvalue weighted by Gasteiger charge is -2.19. The molecule has 3 aromatic carbocycles. The van der Waals surface area contributed by atoms with Gasteiger partial charge in [-0.1, -0.05) is 75.4 Å². The molecule has 0 nitrogen and oxygen atoms in total. The Kier molecular flexibility index (Phi) is 3.28. The molecule has 0 atom stereocenters. The summed E-state index contributed by atoms with van der Waals surface area (Å²) in [5, 5.41) is 4.01. The number of thiophene rings is 1. The minimum atomic E-state index is 0.180. The summed E-state index contributed by atoms with van der Waals surface area (Å²) in [6.45, 7) is 6.81. The third-order valence-electron chi connectivity index (χ3n) is 4.42. The van der Waals surface area contributed by atoms with Crippen LogP contribution in [0.2, 0.25) is 0 Å². The molecule has 4 rings (SSSR count). The van der Waals surface area contributed by atoms with Gasteiger partial charge < -0.3 is 0 Å². The first-order valence-corrected chi connectivity index (χ1v) is 8.86. The van der Waals surface area contributed by atoms with E-state index in [0.717, 1.165) is 0 Å². The van der Waals surface area contributed by atoms with Gasteiger partial charge in [-0.2, -0.15) is 0 Å². The largest absolute Gasteiger partial charge is 0.135 e. The van der Waals surface area contributed by atoms with Crippen LogP contribution >= 0.6 is 11.3 Å². The number of hydrogen-bond donors (Lipinski definition) is 0. The minimum absolute atomic E-state index is 0.180. The highest BCUT2D eigenvalue weighted by Crippen LogP contribution is 2.38. The van der Waals surface area contributed by atoms with Gasteiger partial charge in [0.15, 0.2) is 0 Å². The van der Waals surface area contributed by atoms with Gasteiger partial charge in [0.05, 0.1) is 0 Å². The van der Waals surface area contributed by atoms with Crippen LogP contribution in [0.15, 0.2) is 66.7 Å². The first kappa shape index (κ1) is 14.5. The lowest BCUT2D eigenvalue weighted by atomic mass is 9.86. The SMILES string of the molecule is CC(C)(C)c1cccc(-c2cc3ccc4ccccc4c3s2)c1. The second-order valence-electron chi connectivity index (χ2n) is 7.15. The molecule has 0 N–H and O–H groups in total. The maximum absolute atomic E-state index is 2.34. The average Bonchev–Trinajstić information content (AvgIpc) is 2.99. The highest BCUT2D eigenvalue weighted by Gasteiger charge is 2.15. The molecule has 0 fully saturated rings. The molecule has 0 amide bonds. The van der Waals surface area contributed by atoms with Crippen molar-refractivity contribution in [2.24, 2.45) is 0 Å². The van der Waals surface area contributed by atoms with E-state index in [2.05, 4.69) is 87.5 Å². The second-order valence-corrected chi connectivity index (χ2v) is 8.20. The molecule has 4 aromatic rings. The molecule has 1 aromatic heterocycles. The first-order chi connectivity index (χ1) is 11.0. The number of rotatable bonds is 1. The molecular weight excluding hydrogens is 296 g/mol. The Bertz CT molecular complexity index is 999. The van der Waals surface area contributed by atoms with E-state index in [0.29, 0.717) is 0 Å². The van der Waals surface area contributed by atoms with Gasteiger partial charge in [-0.25, -0.2) is 0 Å². The topological polar surface area (TPSA) is 0 Å². The Morgan fingerprint density at radius 3 is 2.35 bits per heavy atom. The lowest BCUT2D eigenvalue weighted by Crippen LogP contribution is -2.10. The van der Waals surface area contributed by atoms with Crippen molar-refractivity contribution in [2.75, 3.05) is 0 Å². The summed E-state index contributed by atoms with van der Waals surface area (Å²) in [7, 11) is 0. The van der Waals surface area contributed by atoms with Crippen LogP contribution in [0.3, 0.4) is 0 Å². The maximum atomic E-state index is 2.34. The molecule has 0 saturated carbocycles. The highest BCUT2D eigenvalue weighted by atomic mass is 32.1. The first-order valence-electron chi connectivity index (χ1n) is 8.04. The second kappa shape index (κ2) is 5.21. The molecule has 1 heteroatoms. The van der Waals surface area contributed by atoms with Gasteiger partial charge >= 0.3 is 0 Å². The molecule has 0 aliphatic heterocycles. The molecule has 23 heavy (non-hydrogen) atoms. The molecule has 0 aliphatic carbocycles. The molecule has 0 unspecified atom stereocenters. The Balaban J connectivity index is 1.91. The molecule has 0 radical (unpaired) electrons. The van der Waals surface area contributed by atoms with Crippen molar-refractivity contribution in [2.45, 2.75) is 26.2 Å². The van der Waals surface area contributed by atoms with Crippen molar-refractivity contribution in [3.63, 3.8) is 0 Å². The van der Waals surface area contributed by atoms with Gasteiger partial charge in [0, 0.05) is 9.58 Å². The summed E-state index contributed by atoms with van der Waals surface area (Å²) < 4.78 is 1.39. The predicted molar refractivity (Wildman–Crippen MR) is 103 cm³/mol. The van der Waals surface area contributed by atoms with Crippen molar-refractivity contribution >= 4 is 32.2 Å². The van der Waals surface area contributed by atoms with E-state index < -0.39 is 0 Å². The van der Waals surface area contributed by atoms with Crippen molar-refractivity contribution in [3.8, 4) is 10.4 Å². The van der Waals surface area contributed by atoms with Crippen LogP contribution in [0.1, 0.15) is 26.3 Å². The van der Waals surface area contributed by atoms with E-state index in [1.54, 1.807) is 0 Å². The average molecular weight is 316 g/mol. The summed E-state index contributed by atoms with van der Waals surface area (Å²) in [5.41, 5.74) is 2.89. The number of benzene rings is 3. The quantitative estimate of drug-likeness (QED) is 0.354. The Hall–Kier alpha value is -2.12. The van der Waals surface area contributed by atoms with Gasteiger partial charge in [0.2, 0.25) is 0 Å². The normalized spacial score (nSPS) is 12.1. The van der Waals surface area contributed by atoms with Crippen LogP contribution in [-0.2, 0) is 5.41 Å². The van der Waals surface area contributed by atoms with Gasteiger partial charge in [0.1, 0.15) is 0 Å². The van der Waals surface area contributed by atoms with E-state index >= 15 is 0 Å².